The number of ether oxygens (including phenoxy) is 3. The minimum atomic E-state index is -0.523. The Kier molecular flexibility index (Phi) is 6.24. The molecule has 1 heterocycles. The van der Waals surface area contributed by atoms with Gasteiger partial charge in [-0.25, -0.2) is 4.90 Å². The quantitative estimate of drug-likeness (QED) is 0.508. The molecule has 0 saturated carbocycles. The number of carbonyl (C=O) groups excluding carboxylic acids is 2. The van der Waals surface area contributed by atoms with Crippen LogP contribution in [0.5, 0.6) is 17.2 Å². The molecule has 0 bridgehead atoms. The van der Waals surface area contributed by atoms with Gasteiger partial charge in [-0.05, 0) is 35.9 Å². The predicted molar refractivity (Wildman–Crippen MR) is 127 cm³/mol. The van der Waals surface area contributed by atoms with Crippen molar-refractivity contribution in [1.29, 1.82) is 0 Å². The van der Waals surface area contributed by atoms with Gasteiger partial charge in [-0.2, -0.15) is 0 Å². The summed E-state index contributed by atoms with van der Waals surface area (Å²) in [6.45, 7) is 0. The van der Waals surface area contributed by atoms with Gasteiger partial charge in [0.15, 0.2) is 0 Å². The van der Waals surface area contributed by atoms with Gasteiger partial charge in [0.1, 0.15) is 22.9 Å². The van der Waals surface area contributed by atoms with Crippen molar-refractivity contribution in [3.63, 3.8) is 0 Å². The molecule has 8 heteroatoms. The van der Waals surface area contributed by atoms with E-state index in [1.165, 1.54) is 20.3 Å². The van der Waals surface area contributed by atoms with Crippen LogP contribution in [0.2, 0.25) is 5.02 Å². The van der Waals surface area contributed by atoms with Gasteiger partial charge in [0.05, 0.1) is 43.3 Å². The van der Waals surface area contributed by atoms with Crippen LogP contribution in [0.25, 0.3) is 5.57 Å². The van der Waals surface area contributed by atoms with Crippen LogP contribution in [0.15, 0.2) is 72.4 Å². The molecule has 0 unspecified atom stereocenters. The number of rotatable bonds is 7. The third-order valence-electron chi connectivity index (χ3n) is 5.21. The van der Waals surface area contributed by atoms with E-state index < -0.39 is 11.8 Å². The maximum absolute atomic E-state index is 13.6. The first-order chi connectivity index (χ1) is 16.0. The maximum atomic E-state index is 13.6. The van der Waals surface area contributed by atoms with Crippen LogP contribution < -0.4 is 24.4 Å². The van der Waals surface area contributed by atoms with Crippen molar-refractivity contribution < 1.29 is 23.8 Å². The molecule has 1 N–H and O–H groups in total. The molecule has 0 aromatic heterocycles. The van der Waals surface area contributed by atoms with Gasteiger partial charge in [0.2, 0.25) is 0 Å². The highest BCUT2D eigenvalue weighted by atomic mass is 35.5. The van der Waals surface area contributed by atoms with Crippen LogP contribution in [0, 0.1) is 0 Å². The molecule has 168 valence electrons. The van der Waals surface area contributed by atoms with Gasteiger partial charge >= 0.3 is 0 Å². The highest BCUT2D eigenvalue weighted by Crippen LogP contribution is 2.38. The number of nitrogens with zero attached hydrogens (tertiary/aromatic N) is 1. The van der Waals surface area contributed by atoms with Crippen molar-refractivity contribution in [2.45, 2.75) is 0 Å². The zero-order valence-electron chi connectivity index (χ0n) is 18.2. The fourth-order valence-corrected chi connectivity index (χ4v) is 3.85. The third-order valence-corrected chi connectivity index (χ3v) is 5.50. The second-order valence-corrected chi connectivity index (χ2v) is 7.48. The Balaban J connectivity index is 1.83. The van der Waals surface area contributed by atoms with Crippen molar-refractivity contribution in [3.05, 3.63) is 83.0 Å². The summed E-state index contributed by atoms with van der Waals surface area (Å²) < 4.78 is 15.9. The molecule has 3 aromatic rings. The van der Waals surface area contributed by atoms with E-state index in [9.17, 15) is 9.59 Å². The number of anilines is 2. The molecular weight excluding hydrogens is 444 g/mol. The summed E-state index contributed by atoms with van der Waals surface area (Å²) in [7, 11) is 4.55. The number of carbonyl (C=O) groups is 2. The first kappa shape index (κ1) is 22.2. The number of hydrogen-bond acceptors (Lipinski definition) is 6. The number of benzene rings is 3. The van der Waals surface area contributed by atoms with Crippen LogP contribution >= 0.6 is 11.6 Å². The van der Waals surface area contributed by atoms with Crippen LogP contribution in [0.1, 0.15) is 5.56 Å². The molecule has 1 aliphatic heterocycles. The minimum Gasteiger partial charge on any atom is -0.497 e. The zero-order valence-corrected chi connectivity index (χ0v) is 19.0. The number of halogens is 1. The molecule has 0 atom stereocenters. The van der Waals surface area contributed by atoms with E-state index in [2.05, 4.69) is 5.32 Å². The van der Waals surface area contributed by atoms with E-state index in [-0.39, 0.29) is 16.3 Å². The Labute approximate surface area is 196 Å². The molecule has 0 fully saturated rings. The van der Waals surface area contributed by atoms with E-state index in [1.54, 1.807) is 61.7 Å². The first-order valence-corrected chi connectivity index (χ1v) is 10.4. The maximum Gasteiger partial charge on any atom is 0.282 e. The second-order valence-electron chi connectivity index (χ2n) is 7.07. The monoisotopic (exact) mass is 464 g/mol. The summed E-state index contributed by atoms with van der Waals surface area (Å²) in [6.07, 6.45) is 0. The smallest absolute Gasteiger partial charge is 0.282 e. The highest BCUT2D eigenvalue weighted by Gasteiger charge is 2.40. The Hall–Kier alpha value is -3.97. The van der Waals surface area contributed by atoms with Crippen molar-refractivity contribution in [2.75, 3.05) is 31.5 Å². The summed E-state index contributed by atoms with van der Waals surface area (Å²) >= 11 is 6.26. The average Bonchev–Trinajstić information content (AvgIpc) is 3.08. The number of methoxy groups -OCH3 is 3. The van der Waals surface area contributed by atoms with Crippen molar-refractivity contribution >= 4 is 40.4 Å². The van der Waals surface area contributed by atoms with Crippen molar-refractivity contribution in [1.82, 2.24) is 0 Å². The molecular formula is C25H21ClN2O5. The molecule has 2 amide bonds. The van der Waals surface area contributed by atoms with Crippen LogP contribution in [0.4, 0.5) is 11.4 Å². The lowest BCUT2D eigenvalue weighted by molar-refractivity contribution is -0.120. The molecule has 7 nitrogen and oxygen atoms in total. The summed E-state index contributed by atoms with van der Waals surface area (Å²) in [5.41, 5.74) is 1.76. The van der Waals surface area contributed by atoms with Crippen molar-refractivity contribution in [2.24, 2.45) is 0 Å². The molecule has 0 radical (unpaired) electrons. The Bertz CT molecular complexity index is 1260. The Morgan fingerprint density at radius 3 is 2.12 bits per heavy atom. The lowest BCUT2D eigenvalue weighted by Gasteiger charge is -2.17. The first-order valence-electron chi connectivity index (χ1n) is 9.99. The SMILES string of the molecule is COc1ccc(OC)c(NC2=C(c3ccccc3)C(=O)N(c3ccc(OC)c(Cl)c3)C2=O)c1. The summed E-state index contributed by atoms with van der Waals surface area (Å²) in [6, 6.07) is 18.9. The minimum absolute atomic E-state index is 0.115. The highest BCUT2D eigenvalue weighted by molar-refractivity contribution is 6.46. The summed E-state index contributed by atoms with van der Waals surface area (Å²) in [5, 5.41) is 3.39. The van der Waals surface area contributed by atoms with Gasteiger partial charge < -0.3 is 19.5 Å². The number of nitrogens with one attached hydrogen (secondary N) is 1. The fraction of sp³-hybridized carbons (Fsp3) is 0.120. The van der Waals surface area contributed by atoms with Crippen LogP contribution in [-0.4, -0.2) is 33.1 Å². The molecule has 3 aromatic carbocycles. The van der Waals surface area contributed by atoms with E-state index in [0.717, 1.165) is 4.90 Å². The lowest BCUT2D eigenvalue weighted by atomic mass is 10.0. The van der Waals surface area contributed by atoms with E-state index >= 15 is 0 Å². The van der Waals surface area contributed by atoms with Crippen LogP contribution in [0.3, 0.4) is 0 Å². The number of hydrogen-bond donors (Lipinski definition) is 1. The lowest BCUT2D eigenvalue weighted by Crippen LogP contribution is -2.32. The molecule has 4 rings (SSSR count). The normalized spacial score (nSPS) is 13.4. The zero-order chi connectivity index (χ0) is 23.5. The Morgan fingerprint density at radius 1 is 0.788 bits per heavy atom. The topological polar surface area (TPSA) is 77.1 Å². The molecule has 0 spiro atoms. The van der Waals surface area contributed by atoms with E-state index in [1.807, 2.05) is 6.07 Å². The molecule has 33 heavy (non-hydrogen) atoms. The van der Waals surface area contributed by atoms with Gasteiger partial charge in [-0.15, -0.1) is 0 Å². The summed E-state index contributed by atoms with van der Waals surface area (Å²) in [4.78, 5) is 28.2. The number of imide groups is 1. The van der Waals surface area contributed by atoms with Crippen molar-refractivity contribution in [3.8, 4) is 17.2 Å². The van der Waals surface area contributed by atoms with Gasteiger partial charge in [0.25, 0.3) is 11.8 Å². The van der Waals surface area contributed by atoms with Gasteiger partial charge in [-0.3, -0.25) is 9.59 Å². The third kappa shape index (κ3) is 4.10. The Morgan fingerprint density at radius 2 is 1.48 bits per heavy atom. The average molecular weight is 465 g/mol. The van der Waals surface area contributed by atoms with E-state index in [4.69, 9.17) is 25.8 Å². The standard InChI is InChI=1S/C25H21ClN2O5/c1-31-17-10-12-21(33-3)19(14-17)27-23-22(15-7-5-4-6-8-15)24(29)28(25(23)30)16-9-11-20(32-2)18(26)13-16/h4-14,27H,1-3H3. The number of amides is 2. The largest absolute Gasteiger partial charge is 0.497 e. The fourth-order valence-electron chi connectivity index (χ4n) is 3.59. The molecule has 0 saturated heterocycles. The van der Waals surface area contributed by atoms with Gasteiger partial charge in [0, 0.05) is 6.07 Å². The molecule has 1 aliphatic rings. The van der Waals surface area contributed by atoms with Crippen LogP contribution in [-0.2, 0) is 9.59 Å². The molecule has 0 aliphatic carbocycles. The second kappa shape index (κ2) is 9.26. The van der Waals surface area contributed by atoms with E-state index in [0.29, 0.717) is 34.2 Å². The summed E-state index contributed by atoms with van der Waals surface area (Å²) in [5.74, 6) is 0.495. The predicted octanol–water partition coefficient (Wildman–Crippen LogP) is 4.76. The van der Waals surface area contributed by atoms with Gasteiger partial charge in [-0.1, -0.05) is 41.9 Å².